The number of rotatable bonds is 7. The van der Waals surface area contributed by atoms with Gasteiger partial charge >= 0.3 is 0 Å². The molecule has 0 saturated carbocycles. The average molecular weight is 459 g/mol. The predicted molar refractivity (Wildman–Crippen MR) is 114 cm³/mol. The van der Waals surface area contributed by atoms with Crippen molar-refractivity contribution in [2.75, 3.05) is 6.54 Å². The molecule has 10 heteroatoms. The van der Waals surface area contributed by atoms with Crippen LogP contribution in [0.15, 0.2) is 58.1 Å². The van der Waals surface area contributed by atoms with E-state index in [1.165, 1.54) is 10.9 Å². The molecule has 2 aromatic heterocycles. The van der Waals surface area contributed by atoms with Gasteiger partial charge in [-0.1, -0.05) is 35.0 Å². The minimum Gasteiger partial charge on any atom is -0.356 e. The lowest BCUT2D eigenvalue weighted by atomic mass is 10.1. The molecular formula is C22H17ClF2N4O3. The summed E-state index contributed by atoms with van der Waals surface area (Å²) >= 11 is 6.10. The first-order valence-electron chi connectivity index (χ1n) is 9.74. The Hall–Kier alpha value is -3.59. The Morgan fingerprint density at radius 3 is 2.66 bits per heavy atom. The number of benzene rings is 2. The van der Waals surface area contributed by atoms with Gasteiger partial charge in [0.25, 0.3) is 11.3 Å². The van der Waals surface area contributed by atoms with Gasteiger partial charge in [-0.05, 0) is 30.2 Å². The van der Waals surface area contributed by atoms with Crippen molar-refractivity contribution in [3.05, 3.63) is 81.4 Å². The van der Waals surface area contributed by atoms with Crippen molar-refractivity contribution in [3.63, 3.8) is 0 Å². The van der Waals surface area contributed by atoms with E-state index in [-0.39, 0.29) is 41.2 Å². The van der Waals surface area contributed by atoms with E-state index in [9.17, 15) is 18.4 Å². The fraction of sp³-hybridized carbons (Fsp3) is 0.182. The third-order valence-corrected chi connectivity index (χ3v) is 5.22. The molecule has 1 amide bonds. The quantitative estimate of drug-likeness (QED) is 0.455. The van der Waals surface area contributed by atoms with E-state index in [2.05, 4.69) is 15.5 Å². The molecule has 0 aliphatic rings. The number of amides is 1. The van der Waals surface area contributed by atoms with Crippen LogP contribution in [0.25, 0.3) is 22.4 Å². The standard InChI is InChI=1S/C22H17ClF2N4O3/c23-17-4-2-1-3-13(17)5-7-26-18(30)6-8-29-12-27-21-19(22(29)31)20(28-32-21)14-9-15(24)11-16(25)10-14/h1-4,9-12H,5-8H2,(H,26,30). The van der Waals surface area contributed by atoms with Crippen LogP contribution in [0.3, 0.4) is 0 Å². The largest absolute Gasteiger partial charge is 0.356 e. The minimum atomic E-state index is -0.811. The molecule has 0 aliphatic heterocycles. The Kier molecular flexibility index (Phi) is 6.27. The maximum absolute atomic E-state index is 13.6. The molecule has 0 radical (unpaired) electrons. The first-order valence-corrected chi connectivity index (χ1v) is 10.1. The zero-order valence-corrected chi connectivity index (χ0v) is 17.4. The van der Waals surface area contributed by atoms with Crippen LogP contribution in [-0.4, -0.2) is 27.2 Å². The maximum Gasteiger partial charge on any atom is 0.266 e. The molecule has 1 N–H and O–H groups in total. The van der Waals surface area contributed by atoms with Crippen molar-refractivity contribution >= 4 is 28.6 Å². The summed E-state index contributed by atoms with van der Waals surface area (Å²) in [7, 11) is 0. The molecule has 0 spiro atoms. The first kappa shape index (κ1) is 21.6. The van der Waals surface area contributed by atoms with Gasteiger partial charge in [0, 0.05) is 36.2 Å². The van der Waals surface area contributed by atoms with Crippen molar-refractivity contribution in [1.29, 1.82) is 0 Å². The van der Waals surface area contributed by atoms with Crippen molar-refractivity contribution < 1.29 is 18.1 Å². The fourth-order valence-electron chi connectivity index (χ4n) is 3.28. The van der Waals surface area contributed by atoms with Crippen molar-refractivity contribution in [1.82, 2.24) is 20.0 Å². The lowest BCUT2D eigenvalue weighted by molar-refractivity contribution is -0.121. The maximum atomic E-state index is 13.6. The van der Waals surface area contributed by atoms with E-state index in [4.69, 9.17) is 16.1 Å². The highest BCUT2D eigenvalue weighted by Crippen LogP contribution is 2.25. The molecule has 2 aromatic carbocycles. The molecule has 2 heterocycles. The second-order valence-corrected chi connectivity index (χ2v) is 7.46. The summed E-state index contributed by atoms with van der Waals surface area (Å²) in [6.07, 6.45) is 1.85. The molecule has 0 unspecified atom stereocenters. The van der Waals surface area contributed by atoms with E-state index in [1.807, 2.05) is 18.2 Å². The van der Waals surface area contributed by atoms with Gasteiger partial charge in [0.1, 0.15) is 29.0 Å². The number of fused-ring (bicyclic) bond motifs is 1. The predicted octanol–water partition coefficient (Wildman–Crippen LogP) is 3.73. The molecule has 0 aliphatic carbocycles. The molecule has 4 rings (SSSR count). The Balaban J connectivity index is 1.45. The van der Waals surface area contributed by atoms with E-state index in [1.54, 1.807) is 6.07 Å². The van der Waals surface area contributed by atoms with Gasteiger partial charge in [-0.3, -0.25) is 14.2 Å². The van der Waals surface area contributed by atoms with Crippen LogP contribution in [0.1, 0.15) is 12.0 Å². The third kappa shape index (κ3) is 4.67. The SMILES string of the molecule is O=C(CCn1cnc2onc(-c3cc(F)cc(F)c3)c2c1=O)NCCc1ccccc1Cl. The van der Waals surface area contributed by atoms with Gasteiger partial charge in [-0.2, -0.15) is 0 Å². The van der Waals surface area contributed by atoms with E-state index < -0.39 is 17.2 Å². The lowest BCUT2D eigenvalue weighted by Crippen LogP contribution is -2.29. The smallest absolute Gasteiger partial charge is 0.266 e. The Morgan fingerprint density at radius 1 is 1.16 bits per heavy atom. The number of aryl methyl sites for hydroxylation is 1. The average Bonchev–Trinajstić information content (AvgIpc) is 3.19. The Labute approximate surface area is 185 Å². The molecular weight excluding hydrogens is 442 g/mol. The summed E-state index contributed by atoms with van der Waals surface area (Å²) in [5, 5.41) is 7.15. The number of halogens is 3. The summed E-state index contributed by atoms with van der Waals surface area (Å²) in [6, 6.07) is 10.2. The monoisotopic (exact) mass is 458 g/mol. The zero-order chi connectivity index (χ0) is 22.7. The molecule has 32 heavy (non-hydrogen) atoms. The summed E-state index contributed by atoms with van der Waals surface area (Å²) < 4.78 is 33.5. The summed E-state index contributed by atoms with van der Waals surface area (Å²) in [6.45, 7) is 0.456. The summed E-state index contributed by atoms with van der Waals surface area (Å²) in [4.78, 5) is 29.1. The number of nitrogens with one attached hydrogen (secondary N) is 1. The lowest BCUT2D eigenvalue weighted by Gasteiger charge is -2.08. The highest BCUT2D eigenvalue weighted by atomic mass is 35.5. The number of nitrogens with zero attached hydrogens (tertiary/aromatic N) is 3. The molecule has 164 valence electrons. The van der Waals surface area contributed by atoms with Gasteiger partial charge in [0.05, 0.1) is 0 Å². The van der Waals surface area contributed by atoms with Gasteiger partial charge in [0.2, 0.25) is 5.91 Å². The highest BCUT2D eigenvalue weighted by Gasteiger charge is 2.18. The fourth-order valence-corrected chi connectivity index (χ4v) is 3.51. The molecule has 0 fully saturated rings. The van der Waals surface area contributed by atoms with Gasteiger partial charge < -0.3 is 9.84 Å². The van der Waals surface area contributed by atoms with Crippen LogP contribution in [0.2, 0.25) is 5.02 Å². The van der Waals surface area contributed by atoms with Crippen molar-refractivity contribution in [2.24, 2.45) is 0 Å². The third-order valence-electron chi connectivity index (χ3n) is 4.85. The normalized spacial score (nSPS) is 11.1. The van der Waals surface area contributed by atoms with Crippen molar-refractivity contribution in [3.8, 4) is 11.3 Å². The van der Waals surface area contributed by atoms with E-state index in [0.29, 0.717) is 24.1 Å². The second kappa shape index (κ2) is 9.27. The Morgan fingerprint density at radius 2 is 1.91 bits per heavy atom. The second-order valence-electron chi connectivity index (χ2n) is 7.05. The minimum absolute atomic E-state index is 0.0170. The van der Waals surface area contributed by atoms with Crippen LogP contribution >= 0.6 is 11.6 Å². The first-order chi connectivity index (χ1) is 15.4. The summed E-state index contributed by atoms with van der Waals surface area (Å²) in [5.41, 5.74) is 0.369. The van der Waals surface area contributed by atoms with Gasteiger partial charge in [-0.25, -0.2) is 13.8 Å². The van der Waals surface area contributed by atoms with Crippen molar-refractivity contribution in [2.45, 2.75) is 19.4 Å². The molecule has 0 saturated heterocycles. The molecule has 7 nitrogen and oxygen atoms in total. The number of carbonyl (C=O) groups excluding carboxylic acids is 1. The van der Waals surface area contributed by atoms with E-state index >= 15 is 0 Å². The topological polar surface area (TPSA) is 90.0 Å². The summed E-state index contributed by atoms with van der Waals surface area (Å²) in [5.74, 6) is -1.87. The van der Waals surface area contributed by atoms with Crippen LogP contribution in [0, 0.1) is 11.6 Å². The van der Waals surface area contributed by atoms with Crippen LogP contribution in [0.4, 0.5) is 8.78 Å². The number of hydrogen-bond donors (Lipinski definition) is 1. The van der Waals surface area contributed by atoms with Crippen LogP contribution in [-0.2, 0) is 17.8 Å². The van der Waals surface area contributed by atoms with E-state index in [0.717, 1.165) is 17.7 Å². The van der Waals surface area contributed by atoms with Gasteiger partial charge in [-0.15, -0.1) is 0 Å². The number of aromatic nitrogens is 3. The highest BCUT2D eigenvalue weighted by molar-refractivity contribution is 6.31. The van der Waals surface area contributed by atoms with Gasteiger partial charge in [0.15, 0.2) is 0 Å². The zero-order valence-electron chi connectivity index (χ0n) is 16.6. The van der Waals surface area contributed by atoms with Crippen LogP contribution in [0.5, 0.6) is 0 Å². The Bertz CT molecular complexity index is 1330. The van der Waals surface area contributed by atoms with Crippen LogP contribution < -0.4 is 10.9 Å². The number of hydrogen-bond acceptors (Lipinski definition) is 5. The number of carbonyl (C=O) groups is 1. The molecule has 0 atom stereocenters. The molecule has 4 aromatic rings. The molecule has 0 bridgehead atoms.